The van der Waals surface area contributed by atoms with E-state index in [-0.39, 0.29) is 16.4 Å². The fourth-order valence-electron chi connectivity index (χ4n) is 2.19. The molecule has 0 saturated carbocycles. The van der Waals surface area contributed by atoms with Crippen molar-refractivity contribution in [2.45, 2.75) is 18.7 Å². The normalized spacial score (nSPS) is 18.8. The molecule has 22 heavy (non-hydrogen) atoms. The van der Waals surface area contributed by atoms with Gasteiger partial charge in [0.25, 0.3) is 0 Å². The second-order valence-corrected chi connectivity index (χ2v) is 8.61. The molecule has 0 saturated heterocycles. The number of allylic oxidation sites excluding steroid dienone is 1. The number of benzene rings is 1. The Morgan fingerprint density at radius 2 is 1.82 bits per heavy atom. The zero-order chi connectivity index (χ0) is 16.5. The van der Waals surface area contributed by atoms with Gasteiger partial charge in [-0.15, -0.1) is 0 Å². The summed E-state index contributed by atoms with van der Waals surface area (Å²) in [7, 11) is 0.0328. The zero-order valence-electron chi connectivity index (χ0n) is 13.1. The molecule has 2 rings (SSSR count). The van der Waals surface area contributed by atoms with E-state index in [4.69, 9.17) is 0 Å². The first-order chi connectivity index (χ1) is 10.2. The van der Waals surface area contributed by atoms with Gasteiger partial charge in [-0.1, -0.05) is 29.5 Å². The van der Waals surface area contributed by atoms with Gasteiger partial charge in [0.15, 0.2) is 15.6 Å². The maximum atomic E-state index is 12.4. The lowest BCUT2D eigenvalue weighted by atomic mass is 10.2. The van der Waals surface area contributed by atoms with Gasteiger partial charge in [0.1, 0.15) is 0 Å². The van der Waals surface area contributed by atoms with Crippen molar-refractivity contribution in [1.29, 1.82) is 0 Å². The molecule has 0 aliphatic carbocycles. The Balaban J connectivity index is 2.48. The van der Waals surface area contributed by atoms with Crippen molar-refractivity contribution in [2.75, 3.05) is 19.8 Å². The van der Waals surface area contributed by atoms with Crippen molar-refractivity contribution in [3.8, 4) is 0 Å². The van der Waals surface area contributed by atoms with Crippen LogP contribution in [0, 0.1) is 6.92 Å². The van der Waals surface area contributed by atoms with Gasteiger partial charge in [-0.05, 0) is 26.0 Å². The lowest BCUT2D eigenvalue weighted by Crippen LogP contribution is -2.11. The van der Waals surface area contributed by atoms with Crippen LogP contribution in [0.1, 0.15) is 12.5 Å². The number of sulfone groups is 1. The molecule has 1 aromatic rings. The Labute approximate surface area is 135 Å². The predicted octanol–water partition coefficient (Wildman–Crippen LogP) is 2.76. The molecule has 6 heteroatoms. The van der Waals surface area contributed by atoms with Crippen LogP contribution in [-0.4, -0.2) is 38.9 Å². The summed E-state index contributed by atoms with van der Waals surface area (Å²) >= 11 is 1.35. The number of thioether (sulfide) groups is 1. The van der Waals surface area contributed by atoms with E-state index >= 15 is 0 Å². The Morgan fingerprint density at radius 3 is 2.32 bits per heavy atom. The Hall–Kier alpha value is -1.53. The van der Waals surface area contributed by atoms with Crippen LogP contribution in [0.4, 0.5) is 0 Å². The van der Waals surface area contributed by atoms with E-state index in [2.05, 4.69) is 0 Å². The fourth-order valence-corrected chi connectivity index (χ4v) is 5.47. The standard InChI is InChI=1S/C16H19NO3S2/c1-11-5-7-13(8-6-11)21-14-10-22(19,20)15(9-17(3)4)16(14)12(2)18/h5-9H,10H2,1-4H3/b15-9+. The Kier molecular flexibility index (Phi) is 4.82. The van der Waals surface area contributed by atoms with Gasteiger partial charge in [-0.25, -0.2) is 8.42 Å². The van der Waals surface area contributed by atoms with E-state index in [1.807, 2.05) is 31.2 Å². The zero-order valence-corrected chi connectivity index (χ0v) is 14.7. The first kappa shape index (κ1) is 16.8. The topological polar surface area (TPSA) is 54.5 Å². The van der Waals surface area contributed by atoms with Gasteiger partial charge in [-0.3, -0.25) is 4.79 Å². The second-order valence-electron chi connectivity index (χ2n) is 5.49. The molecule has 0 amide bonds. The maximum Gasteiger partial charge on any atom is 0.185 e. The van der Waals surface area contributed by atoms with Gasteiger partial charge in [0.2, 0.25) is 0 Å². The van der Waals surface area contributed by atoms with Gasteiger partial charge < -0.3 is 4.90 Å². The Morgan fingerprint density at radius 1 is 1.23 bits per heavy atom. The highest BCUT2D eigenvalue weighted by Gasteiger charge is 2.36. The number of aryl methyl sites for hydroxylation is 1. The van der Waals surface area contributed by atoms with Crippen molar-refractivity contribution >= 4 is 27.4 Å². The maximum absolute atomic E-state index is 12.4. The minimum atomic E-state index is -3.45. The van der Waals surface area contributed by atoms with Crippen LogP contribution in [0.2, 0.25) is 0 Å². The summed E-state index contributed by atoms with van der Waals surface area (Å²) in [5.74, 6) is -0.330. The second kappa shape index (κ2) is 6.30. The number of carbonyl (C=O) groups is 1. The first-order valence-corrected chi connectivity index (χ1v) is 9.27. The van der Waals surface area contributed by atoms with Gasteiger partial charge in [-0.2, -0.15) is 0 Å². The summed E-state index contributed by atoms with van der Waals surface area (Å²) in [5, 5.41) is 0. The highest BCUT2D eigenvalue weighted by Crippen LogP contribution is 2.40. The number of carbonyl (C=O) groups excluding carboxylic acids is 1. The predicted molar refractivity (Wildman–Crippen MR) is 90.3 cm³/mol. The lowest BCUT2D eigenvalue weighted by molar-refractivity contribution is -0.113. The van der Waals surface area contributed by atoms with Crippen LogP contribution in [0.15, 0.2) is 50.7 Å². The van der Waals surface area contributed by atoms with Gasteiger partial charge >= 0.3 is 0 Å². The third-order valence-electron chi connectivity index (χ3n) is 3.17. The molecule has 1 aliphatic rings. The van der Waals surface area contributed by atoms with Gasteiger partial charge in [0.05, 0.1) is 10.7 Å². The molecule has 4 nitrogen and oxygen atoms in total. The summed E-state index contributed by atoms with van der Waals surface area (Å²) in [5.41, 5.74) is 1.46. The molecule has 1 aromatic carbocycles. The highest BCUT2D eigenvalue weighted by atomic mass is 32.2. The van der Waals surface area contributed by atoms with E-state index in [0.29, 0.717) is 10.5 Å². The molecule has 1 heterocycles. The number of rotatable bonds is 4. The number of hydrogen-bond acceptors (Lipinski definition) is 5. The Bertz CT molecular complexity index is 757. The van der Waals surface area contributed by atoms with Crippen molar-refractivity contribution in [3.63, 3.8) is 0 Å². The average molecular weight is 337 g/mol. The monoisotopic (exact) mass is 337 g/mol. The average Bonchev–Trinajstić information content (AvgIpc) is 2.63. The quantitative estimate of drug-likeness (QED) is 0.845. The molecule has 0 unspecified atom stereocenters. The van der Waals surface area contributed by atoms with E-state index < -0.39 is 9.84 Å². The van der Waals surface area contributed by atoms with Crippen molar-refractivity contribution in [1.82, 2.24) is 4.90 Å². The summed E-state index contributed by atoms with van der Waals surface area (Å²) < 4.78 is 24.7. The third kappa shape index (κ3) is 3.62. The van der Waals surface area contributed by atoms with Crippen LogP contribution >= 0.6 is 11.8 Å². The number of nitrogens with zero attached hydrogens (tertiary/aromatic N) is 1. The van der Waals surface area contributed by atoms with Crippen molar-refractivity contribution in [2.24, 2.45) is 0 Å². The van der Waals surface area contributed by atoms with Crippen LogP contribution < -0.4 is 0 Å². The van der Waals surface area contributed by atoms with Crippen molar-refractivity contribution < 1.29 is 13.2 Å². The largest absolute Gasteiger partial charge is 0.382 e. The van der Waals surface area contributed by atoms with E-state index in [0.717, 1.165) is 10.5 Å². The van der Waals surface area contributed by atoms with E-state index in [1.165, 1.54) is 24.9 Å². The van der Waals surface area contributed by atoms with Crippen LogP contribution in [0.5, 0.6) is 0 Å². The number of Topliss-reactive ketones (excluding diaryl/α,β-unsaturated/α-hetero) is 1. The molecule has 0 radical (unpaired) electrons. The molecule has 118 valence electrons. The molecule has 1 aliphatic heterocycles. The summed E-state index contributed by atoms with van der Waals surface area (Å²) in [6.07, 6.45) is 1.51. The smallest absolute Gasteiger partial charge is 0.185 e. The summed E-state index contributed by atoms with van der Waals surface area (Å²) in [6.45, 7) is 3.40. The van der Waals surface area contributed by atoms with Crippen LogP contribution in [0.3, 0.4) is 0 Å². The molecule has 0 fully saturated rings. The highest BCUT2D eigenvalue weighted by molar-refractivity contribution is 8.05. The molecular formula is C16H19NO3S2. The van der Waals surface area contributed by atoms with Crippen LogP contribution in [0.25, 0.3) is 0 Å². The molecule has 0 atom stereocenters. The minimum absolute atomic E-state index is 0.111. The minimum Gasteiger partial charge on any atom is -0.382 e. The van der Waals surface area contributed by atoms with Crippen LogP contribution in [-0.2, 0) is 14.6 Å². The summed E-state index contributed by atoms with van der Waals surface area (Å²) in [6, 6.07) is 7.81. The molecule has 0 bridgehead atoms. The van der Waals surface area contributed by atoms with Crippen molar-refractivity contribution in [3.05, 3.63) is 51.4 Å². The fraction of sp³-hybridized carbons (Fsp3) is 0.312. The SMILES string of the molecule is CC(=O)C1=C(Sc2ccc(C)cc2)CS(=O)(=O)/C1=C/N(C)C. The molecule has 0 N–H and O–H groups in total. The number of hydrogen-bond donors (Lipinski definition) is 0. The van der Waals surface area contributed by atoms with E-state index in [9.17, 15) is 13.2 Å². The molecule has 0 spiro atoms. The lowest BCUT2D eigenvalue weighted by Gasteiger charge is -2.08. The number of ketones is 1. The van der Waals surface area contributed by atoms with Gasteiger partial charge in [0, 0.05) is 35.7 Å². The summed E-state index contributed by atoms with van der Waals surface area (Å²) in [4.78, 5) is 15.3. The first-order valence-electron chi connectivity index (χ1n) is 6.80. The molecular weight excluding hydrogens is 318 g/mol. The van der Waals surface area contributed by atoms with E-state index in [1.54, 1.807) is 19.0 Å². The molecule has 0 aromatic heterocycles. The third-order valence-corrected chi connectivity index (χ3v) is 6.10.